The van der Waals surface area contributed by atoms with Crippen LogP contribution in [0.25, 0.3) is 0 Å². The number of hydrogen-bond donors (Lipinski definition) is 1. The van der Waals surface area contributed by atoms with Gasteiger partial charge in [0.1, 0.15) is 0 Å². The normalized spacial score (nSPS) is 10.8. The van der Waals surface area contributed by atoms with Crippen LogP contribution in [0.15, 0.2) is 12.2 Å². The van der Waals surface area contributed by atoms with Crippen molar-refractivity contribution in [3.8, 4) is 0 Å². The summed E-state index contributed by atoms with van der Waals surface area (Å²) in [6.07, 6.45) is 5.55. The summed E-state index contributed by atoms with van der Waals surface area (Å²) >= 11 is 2.37. The molecule has 0 fully saturated rings. The van der Waals surface area contributed by atoms with Crippen LogP contribution in [0.3, 0.4) is 0 Å². The molecule has 0 amide bonds. The third-order valence-corrected chi connectivity index (χ3v) is 1.39. The summed E-state index contributed by atoms with van der Waals surface area (Å²) in [6.45, 7) is 0.997. The highest BCUT2D eigenvalue weighted by Crippen LogP contribution is 1.88. The first-order valence-corrected chi connectivity index (χ1v) is 4.30. The van der Waals surface area contributed by atoms with Crippen molar-refractivity contribution in [3.63, 3.8) is 0 Å². The topological polar surface area (TPSA) is 12.0 Å². The molecule has 0 rings (SSSR count). The Bertz CT molecular complexity index is 53.5. The lowest BCUT2D eigenvalue weighted by atomic mass is 10.4. The van der Waals surface area contributed by atoms with Crippen molar-refractivity contribution >= 4 is 22.6 Å². The molecule has 0 aromatic heterocycles. The number of allylic oxidation sites excluding steroid dienone is 1. The van der Waals surface area contributed by atoms with E-state index in [1.54, 1.807) is 0 Å². The molecule has 8 heavy (non-hydrogen) atoms. The Morgan fingerprint density at radius 3 is 2.75 bits per heavy atom. The van der Waals surface area contributed by atoms with Crippen molar-refractivity contribution in [2.45, 2.75) is 6.42 Å². The molecular formula is C6H12IN. The summed E-state index contributed by atoms with van der Waals surface area (Å²) in [5.41, 5.74) is 0. The van der Waals surface area contributed by atoms with Gasteiger partial charge in [-0.1, -0.05) is 34.7 Å². The molecule has 1 nitrogen and oxygen atoms in total. The molecule has 0 radical (unpaired) electrons. The summed E-state index contributed by atoms with van der Waals surface area (Å²) in [5, 5.41) is 3.04. The zero-order valence-corrected chi connectivity index (χ0v) is 7.31. The first kappa shape index (κ1) is 8.43. The highest BCUT2D eigenvalue weighted by atomic mass is 127. The predicted octanol–water partition coefficient (Wildman–Crippen LogP) is 1.59. The van der Waals surface area contributed by atoms with E-state index in [1.165, 1.54) is 10.8 Å². The molecule has 0 atom stereocenters. The van der Waals surface area contributed by atoms with E-state index >= 15 is 0 Å². The van der Waals surface area contributed by atoms with Gasteiger partial charge in [-0.05, 0) is 13.5 Å². The highest BCUT2D eigenvalue weighted by Gasteiger charge is 1.71. The minimum absolute atomic E-state index is 0.997. The zero-order valence-electron chi connectivity index (χ0n) is 5.15. The van der Waals surface area contributed by atoms with Crippen LogP contribution in [0.5, 0.6) is 0 Å². The minimum atomic E-state index is 0.997. The van der Waals surface area contributed by atoms with Crippen LogP contribution in [0.4, 0.5) is 0 Å². The summed E-state index contributed by atoms with van der Waals surface area (Å²) < 4.78 is 1.22. The monoisotopic (exact) mass is 225 g/mol. The molecule has 0 spiro atoms. The first-order chi connectivity index (χ1) is 3.91. The second-order valence-electron chi connectivity index (χ2n) is 1.51. The number of hydrogen-bond acceptors (Lipinski definition) is 1. The van der Waals surface area contributed by atoms with E-state index in [4.69, 9.17) is 0 Å². The maximum absolute atomic E-state index is 3.04. The van der Waals surface area contributed by atoms with Crippen molar-refractivity contribution in [1.82, 2.24) is 5.32 Å². The maximum atomic E-state index is 3.04. The van der Waals surface area contributed by atoms with Crippen LogP contribution in [0.1, 0.15) is 6.42 Å². The molecule has 0 aliphatic rings. The van der Waals surface area contributed by atoms with Crippen molar-refractivity contribution in [3.05, 3.63) is 12.2 Å². The highest BCUT2D eigenvalue weighted by molar-refractivity contribution is 14.1. The molecule has 2 heteroatoms. The van der Waals surface area contributed by atoms with Gasteiger partial charge in [0.05, 0.1) is 0 Å². The van der Waals surface area contributed by atoms with Gasteiger partial charge in [0.15, 0.2) is 0 Å². The Kier molecular flexibility index (Phi) is 7.83. The largest absolute Gasteiger partial charge is 0.316 e. The van der Waals surface area contributed by atoms with E-state index in [0.717, 1.165) is 6.54 Å². The third-order valence-electron chi connectivity index (χ3n) is 0.764. The average Bonchev–Trinajstić information content (AvgIpc) is 1.81. The average molecular weight is 225 g/mol. The van der Waals surface area contributed by atoms with Gasteiger partial charge in [0.2, 0.25) is 0 Å². The minimum Gasteiger partial charge on any atom is -0.316 e. The summed E-state index contributed by atoms with van der Waals surface area (Å²) in [5.74, 6) is 0. The molecule has 0 aromatic carbocycles. The molecule has 48 valence electrons. The van der Waals surface area contributed by atoms with Crippen molar-refractivity contribution < 1.29 is 0 Å². The lowest BCUT2D eigenvalue weighted by Crippen LogP contribution is -2.03. The fourth-order valence-electron chi connectivity index (χ4n) is 0.382. The predicted molar refractivity (Wildman–Crippen MR) is 46.6 cm³/mol. The van der Waals surface area contributed by atoms with Crippen LogP contribution >= 0.6 is 22.6 Å². The van der Waals surface area contributed by atoms with Gasteiger partial charge in [-0.3, -0.25) is 0 Å². The van der Waals surface area contributed by atoms with Gasteiger partial charge in [-0.25, -0.2) is 0 Å². The number of alkyl halides is 1. The van der Waals surface area contributed by atoms with E-state index in [0.29, 0.717) is 0 Å². The molecule has 0 aliphatic carbocycles. The number of halogens is 1. The molecule has 0 aromatic rings. The zero-order chi connectivity index (χ0) is 6.24. The molecule has 0 heterocycles. The van der Waals surface area contributed by atoms with Crippen LogP contribution in [0, 0.1) is 0 Å². The van der Waals surface area contributed by atoms with E-state index < -0.39 is 0 Å². The summed E-state index contributed by atoms with van der Waals surface area (Å²) in [4.78, 5) is 0. The van der Waals surface area contributed by atoms with Crippen LogP contribution < -0.4 is 5.32 Å². The van der Waals surface area contributed by atoms with Crippen LogP contribution in [0.2, 0.25) is 0 Å². The number of likely N-dealkylation sites (N-methyl/N-ethyl adjacent to an activating group) is 1. The van der Waals surface area contributed by atoms with Gasteiger partial charge >= 0.3 is 0 Å². The molecule has 0 bridgehead atoms. The smallest absolute Gasteiger partial charge is 0.0131 e. The SMILES string of the molecule is CNC/C=C/CCI. The van der Waals surface area contributed by atoms with Crippen LogP contribution in [-0.4, -0.2) is 18.0 Å². The second-order valence-corrected chi connectivity index (χ2v) is 2.59. The quantitative estimate of drug-likeness (QED) is 0.435. The Morgan fingerprint density at radius 1 is 1.50 bits per heavy atom. The third kappa shape index (κ3) is 6.43. The first-order valence-electron chi connectivity index (χ1n) is 2.77. The molecule has 0 saturated heterocycles. The van der Waals surface area contributed by atoms with Gasteiger partial charge in [0, 0.05) is 11.0 Å². The van der Waals surface area contributed by atoms with Gasteiger partial charge in [-0.15, -0.1) is 0 Å². The fourth-order valence-corrected chi connectivity index (χ4v) is 0.742. The molecular weight excluding hydrogens is 213 g/mol. The van der Waals surface area contributed by atoms with Crippen molar-refractivity contribution in [2.75, 3.05) is 18.0 Å². The molecule has 0 unspecified atom stereocenters. The lowest BCUT2D eigenvalue weighted by molar-refractivity contribution is 0.916. The summed E-state index contributed by atoms with van der Waals surface area (Å²) in [6, 6.07) is 0. The standard InChI is InChI=1S/C6H12IN/c1-8-6-4-2-3-5-7/h2,4,8H,3,5-6H2,1H3/b4-2+. The van der Waals surface area contributed by atoms with Crippen molar-refractivity contribution in [1.29, 1.82) is 0 Å². The Morgan fingerprint density at radius 2 is 2.25 bits per heavy atom. The Balaban J connectivity index is 2.83. The molecule has 0 saturated carbocycles. The van der Waals surface area contributed by atoms with Gasteiger partial charge in [0.25, 0.3) is 0 Å². The molecule has 1 N–H and O–H groups in total. The fraction of sp³-hybridized carbons (Fsp3) is 0.667. The Labute approximate surface area is 64.7 Å². The lowest BCUT2D eigenvalue weighted by Gasteiger charge is -1.85. The molecule has 0 aliphatic heterocycles. The maximum Gasteiger partial charge on any atom is 0.0131 e. The van der Waals surface area contributed by atoms with Crippen molar-refractivity contribution in [2.24, 2.45) is 0 Å². The number of rotatable bonds is 4. The van der Waals surface area contributed by atoms with E-state index in [1.807, 2.05) is 7.05 Å². The van der Waals surface area contributed by atoms with Gasteiger partial charge < -0.3 is 5.32 Å². The van der Waals surface area contributed by atoms with Crippen LogP contribution in [-0.2, 0) is 0 Å². The van der Waals surface area contributed by atoms with E-state index in [-0.39, 0.29) is 0 Å². The Hall–Kier alpha value is 0.430. The number of nitrogens with one attached hydrogen (secondary N) is 1. The second kappa shape index (κ2) is 7.43. The van der Waals surface area contributed by atoms with Gasteiger partial charge in [-0.2, -0.15) is 0 Å². The van der Waals surface area contributed by atoms with E-state index in [9.17, 15) is 0 Å². The summed E-state index contributed by atoms with van der Waals surface area (Å²) in [7, 11) is 1.95. The van der Waals surface area contributed by atoms with E-state index in [2.05, 4.69) is 40.1 Å².